The van der Waals surface area contributed by atoms with Crippen molar-refractivity contribution in [3.05, 3.63) is 102 Å². The molecule has 0 saturated heterocycles. The predicted octanol–water partition coefficient (Wildman–Crippen LogP) is 4.38. The summed E-state index contributed by atoms with van der Waals surface area (Å²) in [5, 5.41) is 23.0. The molecule has 1 aromatic heterocycles. The number of ether oxygens (including phenoxy) is 1. The molecule has 0 amide bonds. The molecule has 3 aromatic carbocycles. The van der Waals surface area contributed by atoms with E-state index in [1.165, 1.54) is 0 Å². The van der Waals surface area contributed by atoms with Gasteiger partial charge in [-0.2, -0.15) is 0 Å². The number of hydrogen-bond acceptors (Lipinski definition) is 5. The van der Waals surface area contributed by atoms with Crippen molar-refractivity contribution in [2.75, 3.05) is 13.2 Å². The molecule has 158 valence electrons. The van der Waals surface area contributed by atoms with Crippen molar-refractivity contribution in [3.63, 3.8) is 0 Å². The highest BCUT2D eigenvalue weighted by Gasteiger charge is 2.16. The molecule has 0 radical (unpaired) electrons. The summed E-state index contributed by atoms with van der Waals surface area (Å²) in [6, 6.07) is 27.0. The highest BCUT2D eigenvalue weighted by atomic mass is 16.5. The van der Waals surface area contributed by atoms with Crippen LogP contribution in [0.25, 0.3) is 10.8 Å². The molecule has 4 rings (SSSR count). The Morgan fingerprint density at radius 3 is 2.45 bits per heavy atom. The molecule has 0 saturated carbocycles. The van der Waals surface area contributed by atoms with Crippen LogP contribution in [0, 0.1) is 0 Å². The van der Waals surface area contributed by atoms with Gasteiger partial charge in [-0.05, 0) is 29.7 Å². The van der Waals surface area contributed by atoms with Crippen molar-refractivity contribution < 1.29 is 14.9 Å². The maximum Gasteiger partial charge on any atom is 0.127 e. The van der Waals surface area contributed by atoms with E-state index in [9.17, 15) is 10.2 Å². The van der Waals surface area contributed by atoms with Crippen LogP contribution in [0.5, 0.6) is 11.5 Å². The van der Waals surface area contributed by atoms with Gasteiger partial charge in [0.2, 0.25) is 0 Å². The molecule has 5 nitrogen and oxygen atoms in total. The van der Waals surface area contributed by atoms with Gasteiger partial charge in [-0.3, -0.25) is 9.88 Å². The number of aromatic hydroxyl groups is 1. The zero-order valence-electron chi connectivity index (χ0n) is 17.3. The number of rotatable bonds is 9. The first-order valence-corrected chi connectivity index (χ1v) is 10.4. The van der Waals surface area contributed by atoms with E-state index in [-0.39, 0.29) is 12.4 Å². The van der Waals surface area contributed by atoms with E-state index in [0.29, 0.717) is 19.6 Å². The maximum absolute atomic E-state index is 10.7. The standard InChI is InChI=1S/C26H26N2O3/c29-23(19-31-26-14-7-10-20-8-1-3-12-24(20)26)18-28(17-22-11-5-6-15-27-22)16-21-9-2-4-13-25(21)30/h1-15,23,29-30H,16-19H2. The molecule has 4 aromatic rings. The SMILES string of the molecule is Oc1ccccc1CN(Cc1ccccn1)CC(O)COc1cccc2ccccc12. The lowest BCUT2D eigenvalue weighted by Gasteiger charge is -2.25. The van der Waals surface area contributed by atoms with E-state index in [1.807, 2.05) is 72.8 Å². The topological polar surface area (TPSA) is 65.8 Å². The van der Waals surface area contributed by atoms with E-state index < -0.39 is 6.10 Å². The average molecular weight is 415 g/mol. The third-order valence-electron chi connectivity index (χ3n) is 5.15. The van der Waals surface area contributed by atoms with Crippen LogP contribution in [0.1, 0.15) is 11.3 Å². The number of phenols is 1. The molecule has 0 aliphatic rings. The van der Waals surface area contributed by atoms with E-state index in [4.69, 9.17) is 4.74 Å². The van der Waals surface area contributed by atoms with Crippen LogP contribution in [0.3, 0.4) is 0 Å². The Bertz CT molecular complexity index is 1110. The fourth-order valence-corrected chi connectivity index (χ4v) is 3.65. The lowest BCUT2D eigenvalue weighted by Crippen LogP contribution is -2.35. The first-order chi connectivity index (χ1) is 15.2. The highest BCUT2D eigenvalue weighted by molar-refractivity contribution is 5.88. The predicted molar refractivity (Wildman–Crippen MR) is 122 cm³/mol. The first kappa shape index (κ1) is 20.8. The maximum atomic E-state index is 10.7. The van der Waals surface area contributed by atoms with Gasteiger partial charge in [0, 0.05) is 36.8 Å². The lowest BCUT2D eigenvalue weighted by atomic mass is 10.1. The number of aromatic nitrogens is 1. The van der Waals surface area contributed by atoms with Crippen LogP contribution in [0.15, 0.2) is 91.1 Å². The highest BCUT2D eigenvalue weighted by Crippen LogP contribution is 2.25. The Morgan fingerprint density at radius 1 is 0.839 bits per heavy atom. The summed E-state index contributed by atoms with van der Waals surface area (Å²) < 4.78 is 5.96. The molecule has 5 heteroatoms. The molecule has 1 heterocycles. The quantitative estimate of drug-likeness (QED) is 0.425. The van der Waals surface area contributed by atoms with Gasteiger partial charge in [0.1, 0.15) is 24.2 Å². The third kappa shape index (κ3) is 5.60. The Morgan fingerprint density at radius 2 is 1.61 bits per heavy atom. The third-order valence-corrected chi connectivity index (χ3v) is 5.15. The number of hydrogen-bond donors (Lipinski definition) is 2. The van der Waals surface area contributed by atoms with Crippen LogP contribution in [0.2, 0.25) is 0 Å². The average Bonchev–Trinajstić information content (AvgIpc) is 2.80. The summed E-state index contributed by atoms with van der Waals surface area (Å²) in [7, 11) is 0. The minimum Gasteiger partial charge on any atom is -0.508 e. The zero-order valence-corrected chi connectivity index (χ0v) is 17.3. The van der Waals surface area contributed by atoms with Crippen LogP contribution < -0.4 is 4.74 Å². The van der Waals surface area contributed by atoms with Crippen molar-refractivity contribution in [2.45, 2.75) is 19.2 Å². The molecule has 1 atom stereocenters. The fraction of sp³-hybridized carbons (Fsp3) is 0.192. The van der Waals surface area contributed by atoms with Crippen molar-refractivity contribution in [3.8, 4) is 11.5 Å². The number of para-hydroxylation sites is 1. The smallest absolute Gasteiger partial charge is 0.127 e. The molecule has 31 heavy (non-hydrogen) atoms. The number of fused-ring (bicyclic) bond motifs is 1. The summed E-state index contributed by atoms with van der Waals surface area (Å²) in [5.41, 5.74) is 1.71. The summed E-state index contributed by atoms with van der Waals surface area (Å²) >= 11 is 0. The number of aliphatic hydroxyl groups excluding tert-OH is 1. The molecule has 0 bridgehead atoms. The van der Waals surface area contributed by atoms with Gasteiger partial charge in [0.15, 0.2) is 0 Å². The van der Waals surface area contributed by atoms with Crippen molar-refractivity contribution >= 4 is 10.8 Å². The van der Waals surface area contributed by atoms with Crippen molar-refractivity contribution in [1.29, 1.82) is 0 Å². The minimum atomic E-state index is -0.700. The molecular formula is C26H26N2O3. The second kappa shape index (κ2) is 10.1. The van der Waals surface area contributed by atoms with Crippen molar-refractivity contribution in [1.82, 2.24) is 9.88 Å². The number of aliphatic hydroxyl groups is 1. The minimum absolute atomic E-state index is 0.174. The molecule has 0 spiro atoms. The van der Waals surface area contributed by atoms with Crippen LogP contribution in [0.4, 0.5) is 0 Å². The second-order valence-electron chi connectivity index (χ2n) is 7.56. The first-order valence-electron chi connectivity index (χ1n) is 10.4. The van der Waals surface area contributed by atoms with Gasteiger partial charge in [0.05, 0.1) is 5.69 Å². The lowest BCUT2D eigenvalue weighted by molar-refractivity contribution is 0.0626. The Hall–Kier alpha value is -3.41. The number of pyridine rings is 1. The summed E-state index contributed by atoms with van der Waals surface area (Å²) in [6.45, 7) is 1.61. The van der Waals surface area contributed by atoms with Crippen molar-refractivity contribution in [2.24, 2.45) is 0 Å². The number of benzene rings is 3. The van der Waals surface area contributed by atoms with Gasteiger partial charge < -0.3 is 14.9 Å². The Kier molecular flexibility index (Phi) is 6.77. The summed E-state index contributed by atoms with van der Waals surface area (Å²) in [4.78, 5) is 6.46. The summed E-state index contributed by atoms with van der Waals surface area (Å²) in [6.07, 6.45) is 1.06. The van der Waals surface area contributed by atoms with Crippen LogP contribution >= 0.6 is 0 Å². The van der Waals surface area contributed by atoms with E-state index in [1.54, 1.807) is 18.3 Å². The van der Waals surface area contributed by atoms with E-state index in [0.717, 1.165) is 27.8 Å². The normalized spacial score (nSPS) is 12.2. The molecule has 0 aliphatic carbocycles. The number of phenolic OH excluding ortho intramolecular Hbond substituents is 1. The second-order valence-corrected chi connectivity index (χ2v) is 7.56. The number of nitrogens with zero attached hydrogens (tertiary/aromatic N) is 2. The fourth-order valence-electron chi connectivity index (χ4n) is 3.65. The largest absolute Gasteiger partial charge is 0.508 e. The monoisotopic (exact) mass is 414 g/mol. The van der Waals surface area contributed by atoms with Gasteiger partial charge in [-0.25, -0.2) is 0 Å². The Balaban J connectivity index is 1.44. The Labute approximate surface area is 182 Å². The van der Waals surface area contributed by atoms with Crippen LogP contribution in [-0.2, 0) is 13.1 Å². The zero-order chi connectivity index (χ0) is 21.5. The molecule has 1 unspecified atom stereocenters. The molecule has 0 aliphatic heterocycles. The van der Waals surface area contributed by atoms with Gasteiger partial charge in [0.25, 0.3) is 0 Å². The van der Waals surface area contributed by atoms with E-state index in [2.05, 4.69) is 9.88 Å². The molecule has 2 N–H and O–H groups in total. The van der Waals surface area contributed by atoms with Gasteiger partial charge in [-0.15, -0.1) is 0 Å². The molecular weight excluding hydrogens is 388 g/mol. The van der Waals surface area contributed by atoms with Gasteiger partial charge in [-0.1, -0.05) is 60.7 Å². The molecule has 0 fully saturated rings. The van der Waals surface area contributed by atoms with E-state index >= 15 is 0 Å². The summed E-state index contributed by atoms with van der Waals surface area (Å²) in [5.74, 6) is 1.00. The van der Waals surface area contributed by atoms with Crippen LogP contribution in [-0.4, -0.2) is 39.4 Å². The van der Waals surface area contributed by atoms with Gasteiger partial charge >= 0.3 is 0 Å².